The number of carboxylic acids is 1. The Hall–Kier alpha value is -2.12. The number of amides is 2. The van der Waals surface area contributed by atoms with Crippen molar-refractivity contribution >= 4 is 12.0 Å². The number of carbonyl (C=O) groups is 2. The zero-order valence-corrected chi connectivity index (χ0v) is 11.3. The van der Waals surface area contributed by atoms with E-state index in [1.807, 2.05) is 0 Å². The van der Waals surface area contributed by atoms with Crippen LogP contribution in [0.1, 0.15) is 37.4 Å². The summed E-state index contributed by atoms with van der Waals surface area (Å²) in [5.74, 6) is -0.553. The summed E-state index contributed by atoms with van der Waals surface area (Å²) in [6.07, 6.45) is 3.10. The van der Waals surface area contributed by atoms with Gasteiger partial charge in [-0.1, -0.05) is 18.0 Å². The highest BCUT2D eigenvalue weighted by atomic mass is 16.5. The van der Waals surface area contributed by atoms with Crippen molar-refractivity contribution in [2.45, 2.75) is 45.2 Å². The van der Waals surface area contributed by atoms with Crippen LogP contribution < -0.4 is 10.6 Å². The van der Waals surface area contributed by atoms with Crippen molar-refractivity contribution < 1.29 is 19.2 Å². The molecule has 0 radical (unpaired) electrons. The van der Waals surface area contributed by atoms with Crippen LogP contribution in [0.25, 0.3) is 0 Å². The number of aromatic nitrogens is 2. The van der Waals surface area contributed by atoms with Crippen LogP contribution in [-0.4, -0.2) is 33.3 Å². The first kappa shape index (κ1) is 14.3. The van der Waals surface area contributed by atoms with Gasteiger partial charge in [0.1, 0.15) is 0 Å². The van der Waals surface area contributed by atoms with E-state index in [0.717, 1.165) is 12.8 Å². The molecule has 1 aromatic rings. The molecule has 8 nitrogen and oxygen atoms in total. The number of aryl methyl sites for hydroxylation is 1. The number of nitrogens with one attached hydrogen (secondary N) is 2. The molecule has 8 heteroatoms. The Labute approximate surface area is 115 Å². The number of hydrogen-bond acceptors (Lipinski definition) is 5. The zero-order valence-electron chi connectivity index (χ0n) is 11.3. The number of nitrogens with zero attached hydrogens (tertiary/aromatic N) is 2. The van der Waals surface area contributed by atoms with Crippen LogP contribution in [0.3, 0.4) is 0 Å². The van der Waals surface area contributed by atoms with Gasteiger partial charge in [-0.05, 0) is 12.8 Å². The summed E-state index contributed by atoms with van der Waals surface area (Å²) >= 11 is 0. The van der Waals surface area contributed by atoms with Gasteiger partial charge in [0.15, 0.2) is 5.82 Å². The molecule has 3 N–H and O–H groups in total. The Morgan fingerprint density at radius 1 is 1.40 bits per heavy atom. The third-order valence-corrected chi connectivity index (χ3v) is 3.38. The molecule has 2 unspecified atom stereocenters. The molecule has 1 heterocycles. The molecule has 1 saturated carbocycles. The lowest BCUT2D eigenvalue weighted by Gasteiger charge is -2.29. The highest BCUT2D eigenvalue weighted by Crippen LogP contribution is 2.24. The second-order valence-electron chi connectivity index (χ2n) is 4.89. The minimum atomic E-state index is -0.858. The summed E-state index contributed by atoms with van der Waals surface area (Å²) in [6, 6.07) is -0.737. The largest absolute Gasteiger partial charge is 0.481 e. The minimum Gasteiger partial charge on any atom is -0.481 e. The van der Waals surface area contributed by atoms with Crippen molar-refractivity contribution in [3.8, 4) is 0 Å². The molecule has 110 valence electrons. The van der Waals surface area contributed by atoms with Crippen LogP contribution in [-0.2, 0) is 11.3 Å². The molecule has 20 heavy (non-hydrogen) atoms. The molecule has 1 aliphatic carbocycles. The standard InChI is InChI=1S/C12H18N4O4/c1-7-14-10(16-20-7)6-13-12(19)15-9-5-3-2-4-8(9)11(17)18/h8-9H,2-6H2,1H3,(H,17,18)(H2,13,15,19). The van der Waals surface area contributed by atoms with Crippen molar-refractivity contribution in [3.63, 3.8) is 0 Å². The van der Waals surface area contributed by atoms with Gasteiger partial charge in [0, 0.05) is 13.0 Å². The smallest absolute Gasteiger partial charge is 0.315 e. The van der Waals surface area contributed by atoms with Gasteiger partial charge in [-0.2, -0.15) is 4.98 Å². The molecule has 1 aliphatic rings. The molecule has 0 saturated heterocycles. The van der Waals surface area contributed by atoms with Crippen molar-refractivity contribution in [2.75, 3.05) is 0 Å². The van der Waals surface area contributed by atoms with E-state index >= 15 is 0 Å². The zero-order chi connectivity index (χ0) is 14.5. The second kappa shape index (κ2) is 6.36. The molecule has 1 fully saturated rings. The fourth-order valence-electron chi connectivity index (χ4n) is 2.39. The number of rotatable bonds is 4. The lowest BCUT2D eigenvalue weighted by molar-refractivity contribution is -0.143. The van der Waals surface area contributed by atoms with Gasteiger partial charge in [0.05, 0.1) is 12.5 Å². The number of hydrogen-bond donors (Lipinski definition) is 3. The van der Waals surface area contributed by atoms with Gasteiger partial charge in [0.2, 0.25) is 5.89 Å². The maximum atomic E-state index is 11.8. The lowest BCUT2D eigenvalue weighted by atomic mass is 9.84. The van der Waals surface area contributed by atoms with E-state index in [1.54, 1.807) is 6.92 Å². The average Bonchev–Trinajstić information content (AvgIpc) is 2.83. The van der Waals surface area contributed by atoms with Gasteiger partial charge in [-0.25, -0.2) is 4.79 Å². The van der Waals surface area contributed by atoms with E-state index in [0.29, 0.717) is 24.6 Å². The molecule has 0 aromatic carbocycles. The predicted molar refractivity (Wildman–Crippen MR) is 67.8 cm³/mol. The first-order valence-electron chi connectivity index (χ1n) is 6.62. The number of urea groups is 1. The van der Waals surface area contributed by atoms with Crippen LogP contribution in [0.2, 0.25) is 0 Å². The van der Waals surface area contributed by atoms with Crippen LogP contribution in [0.4, 0.5) is 4.79 Å². The Morgan fingerprint density at radius 3 is 2.80 bits per heavy atom. The molecule has 2 amide bonds. The first-order chi connectivity index (χ1) is 9.56. The molecule has 0 bridgehead atoms. The third kappa shape index (κ3) is 3.69. The summed E-state index contributed by atoms with van der Waals surface area (Å²) in [5, 5.41) is 18.1. The van der Waals surface area contributed by atoms with Gasteiger partial charge < -0.3 is 20.3 Å². The third-order valence-electron chi connectivity index (χ3n) is 3.38. The lowest BCUT2D eigenvalue weighted by Crippen LogP contribution is -2.48. The van der Waals surface area contributed by atoms with Crippen LogP contribution >= 0.6 is 0 Å². The maximum absolute atomic E-state index is 11.8. The molecule has 2 rings (SSSR count). The van der Waals surface area contributed by atoms with Crippen LogP contribution in [0.5, 0.6) is 0 Å². The highest BCUT2D eigenvalue weighted by molar-refractivity contribution is 5.76. The fraction of sp³-hybridized carbons (Fsp3) is 0.667. The van der Waals surface area contributed by atoms with E-state index in [9.17, 15) is 9.59 Å². The molecular formula is C12H18N4O4. The first-order valence-corrected chi connectivity index (χ1v) is 6.62. The number of carboxylic acid groups (broad SMARTS) is 1. The Balaban J connectivity index is 1.82. The molecular weight excluding hydrogens is 264 g/mol. The SMILES string of the molecule is Cc1nc(CNC(=O)NC2CCCCC2C(=O)O)no1. The Morgan fingerprint density at radius 2 is 2.15 bits per heavy atom. The van der Waals surface area contributed by atoms with Gasteiger partial charge in [-0.3, -0.25) is 4.79 Å². The summed E-state index contributed by atoms with van der Waals surface area (Å²) in [4.78, 5) is 26.8. The van der Waals surface area contributed by atoms with Crippen LogP contribution in [0.15, 0.2) is 4.52 Å². The van der Waals surface area contributed by atoms with E-state index in [1.165, 1.54) is 0 Å². The van der Waals surface area contributed by atoms with Crippen molar-refractivity contribution in [2.24, 2.45) is 5.92 Å². The second-order valence-corrected chi connectivity index (χ2v) is 4.89. The number of carbonyl (C=O) groups excluding carboxylic acids is 1. The number of aliphatic carboxylic acids is 1. The molecule has 0 aliphatic heterocycles. The van der Waals surface area contributed by atoms with Crippen molar-refractivity contribution in [3.05, 3.63) is 11.7 Å². The van der Waals surface area contributed by atoms with E-state index in [-0.39, 0.29) is 12.6 Å². The topological polar surface area (TPSA) is 117 Å². The van der Waals surface area contributed by atoms with Gasteiger partial charge in [0.25, 0.3) is 0 Å². The summed E-state index contributed by atoms with van der Waals surface area (Å²) in [5.41, 5.74) is 0. The maximum Gasteiger partial charge on any atom is 0.315 e. The Kier molecular flexibility index (Phi) is 4.54. The van der Waals surface area contributed by atoms with E-state index in [2.05, 4.69) is 20.8 Å². The molecule has 0 spiro atoms. The van der Waals surface area contributed by atoms with E-state index < -0.39 is 17.9 Å². The fourth-order valence-corrected chi connectivity index (χ4v) is 2.39. The van der Waals surface area contributed by atoms with Crippen molar-refractivity contribution in [1.29, 1.82) is 0 Å². The minimum absolute atomic E-state index is 0.146. The van der Waals surface area contributed by atoms with Gasteiger partial charge >= 0.3 is 12.0 Å². The van der Waals surface area contributed by atoms with Gasteiger partial charge in [-0.15, -0.1) is 0 Å². The summed E-state index contributed by atoms with van der Waals surface area (Å²) in [6.45, 7) is 1.81. The summed E-state index contributed by atoms with van der Waals surface area (Å²) < 4.78 is 4.78. The highest BCUT2D eigenvalue weighted by Gasteiger charge is 2.31. The quantitative estimate of drug-likeness (QED) is 0.752. The molecule has 2 atom stereocenters. The molecule has 1 aromatic heterocycles. The van der Waals surface area contributed by atoms with E-state index in [4.69, 9.17) is 9.63 Å². The average molecular weight is 282 g/mol. The Bertz CT molecular complexity index is 488. The van der Waals surface area contributed by atoms with Crippen LogP contribution in [0, 0.1) is 12.8 Å². The normalized spacial score (nSPS) is 22.2. The monoisotopic (exact) mass is 282 g/mol. The summed E-state index contributed by atoms with van der Waals surface area (Å²) in [7, 11) is 0. The van der Waals surface area contributed by atoms with Crippen molar-refractivity contribution in [1.82, 2.24) is 20.8 Å². The predicted octanol–water partition coefficient (Wildman–Crippen LogP) is 0.821.